The van der Waals surface area contributed by atoms with Gasteiger partial charge in [-0.15, -0.1) is 0 Å². The predicted octanol–water partition coefficient (Wildman–Crippen LogP) is 2.09. The molecule has 1 aromatic rings. The monoisotopic (exact) mass is 193 g/mol. The lowest BCUT2D eigenvalue weighted by atomic mass is 9.87. The lowest BCUT2D eigenvalue weighted by Crippen LogP contribution is -2.18. The zero-order chi connectivity index (χ0) is 9.97. The fourth-order valence-corrected chi connectivity index (χ4v) is 2.33. The molecule has 0 amide bonds. The first kappa shape index (κ1) is 9.71. The molecular weight excluding hydrogens is 174 g/mol. The number of nitrogens with two attached hydrogens (primary N) is 1. The molecule has 0 spiro atoms. The zero-order valence-corrected chi connectivity index (χ0v) is 8.82. The van der Waals surface area contributed by atoms with E-state index in [1.54, 1.807) is 0 Å². The summed E-state index contributed by atoms with van der Waals surface area (Å²) in [5.41, 5.74) is 6.55. The Morgan fingerprint density at radius 3 is 3.07 bits per heavy atom. The van der Waals surface area contributed by atoms with Crippen molar-refractivity contribution in [3.63, 3.8) is 0 Å². The molecule has 2 N–H and O–H groups in total. The van der Waals surface area contributed by atoms with E-state index in [1.807, 2.05) is 6.07 Å². The summed E-state index contributed by atoms with van der Waals surface area (Å²) in [6.45, 7) is 2.88. The third kappa shape index (κ3) is 1.98. The number of nitrogens with zero attached hydrogens (tertiary/aromatic N) is 2. The largest absolute Gasteiger partial charge is 0.325 e. The van der Waals surface area contributed by atoms with Gasteiger partial charge in [-0.25, -0.2) is 0 Å². The van der Waals surface area contributed by atoms with E-state index >= 15 is 0 Å². The van der Waals surface area contributed by atoms with E-state index in [0.717, 1.165) is 11.6 Å². The highest BCUT2D eigenvalue weighted by Gasteiger charge is 2.20. The highest BCUT2D eigenvalue weighted by molar-refractivity contribution is 4.99. The van der Waals surface area contributed by atoms with Gasteiger partial charge in [-0.05, 0) is 24.8 Å². The van der Waals surface area contributed by atoms with Gasteiger partial charge in [-0.1, -0.05) is 19.8 Å². The molecule has 3 heteroatoms. The van der Waals surface area contributed by atoms with E-state index in [2.05, 4.69) is 22.9 Å². The first-order valence-corrected chi connectivity index (χ1v) is 5.53. The van der Waals surface area contributed by atoms with Crippen LogP contribution in [-0.2, 0) is 6.54 Å². The molecule has 78 valence electrons. The Hall–Kier alpha value is -0.830. The van der Waals surface area contributed by atoms with Crippen LogP contribution < -0.4 is 5.73 Å². The molecule has 0 saturated heterocycles. The van der Waals surface area contributed by atoms with Gasteiger partial charge in [0.15, 0.2) is 0 Å². The Morgan fingerprint density at radius 1 is 1.57 bits per heavy atom. The van der Waals surface area contributed by atoms with Gasteiger partial charge in [-0.2, -0.15) is 5.10 Å². The quantitative estimate of drug-likeness (QED) is 0.781. The van der Waals surface area contributed by atoms with Gasteiger partial charge in [0.05, 0.1) is 11.7 Å². The Labute approximate surface area is 85.3 Å². The van der Waals surface area contributed by atoms with Crippen LogP contribution in [0.2, 0.25) is 0 Å². The summed E-state index contributed by atoms with van der Waals surface area (Å²) in [5.74, 6) is 0.847. The molecular formula is C11H19N3. The SMILES string of the molecule is CC1CCCC(n2ccc(CN)n2)C1. The third-order valence-corrected chi connectivity index (χ3v) is 3.16. The van der Waals surface area contributed by atoms with Crippen molar-refractivity contribution in [2.24, 2.45) is 11.7 Å². The van der Waals surface area contributed by atoms with Crippen molar-refractivity contribution in [3.8, 4) is 0 Å². The average Bonchev–Trinajstić information content (AvgIpc) is 2.66. The molecule has 1 aliphatic carbocycles. The van der Waals surface area contributed by atoms with Crippen LogP contribution in [0.5, 0.6) is 0 Å². The van der Waals surface area contributed by atoms with Crippen LogP contribution in [-0.4, -0.2) is 9.78 Å². The lowest BCUT2D eigenvalue weighted by molar-refractivity contribution is 0.266. The fraction of sp³-hybridized carbons (Fsp3) is 0.727. The van der Waals surface area contributed by atoms with Crippen molar-refractivity contribution in [2.75, 3.05) is 0 Å². The highest BCUT2D eigenvalue weighted by atomic mass is 15.3. The zero-order valence-electron chi connectivity index (χ0n) is 8.82. The molecule has 1 aromatic heterocycles. The topological polar surface area (TPSA) is 43.8 Å². The Balaban J connectivity index is 2.06. The molecule has 1 aliphatic rings. The normalized spacial score (nSPS) is 27.9. The molecule has 0 bridgehead atoms. The van der Waals surface area contributed by atoms with Crippen molar-refractivity contribution in [1.82, 2.24) is 9.78 Å². The van der Waals surface area contributed by atoms with E-state index in [0.29, 0.717) is 12.6 Å². The van der Waals surface area contributed by atoms with Crippen LogP contribution in [0.25, 0.3) is 0 Å². The van der Waals surface area contributed by atoms with E-state index in [1.165, 1.54) is 25.7 Å². The summed E-state index contributed by atoms with van der Waals surface area (Å²) >= 11 is 0. The van der Waals surface area contributed by atoms with Crippen LogP contribution in [0.15, 0.2) is 12.3 Å². The van der Waals surface area contributed by atoms with E-state index in [-0.39, 0.29) is 0 Å². The van der Waals surface area contributed by atoms with Crippen LogP contribution in [0.4, 0.5) is 0 Å². The second-order valence-electron chi connectivity index (χ2n) is 4.42. The molecule has 0 aromatic carbocycles. The molecule has 0 radical (unpaired) electrons. The maximum Gasteiger partial charge on any atom is 0.0760 e. The molecule has 2 rings (SSSR count). The molecule has 1 saturated carbocycles. The highest BCUT2D eigenvalue weighted by Crippen LogP contribution is 2.31. The minimum absolute atomic E-state index is 0.551. The minimum Gasteiger partial charge on any atom is -0.325 e. The molecule has 0 aliphatic heterocycles. The molecule has 1 fully saturated rings. The van der Waals surface area contributed by atoms with Crippen LogP contribution >= 0.6 is 0 Å². The van der Waals surface area contributed by atoms with Crippen molar-refractivity contribution >= 4 is 0 Å². The maximum atomic E-state index is 5.54. The molecule has 14 heavy (non-hydrogen) atoms. The number of aromatic nitrogens is 2. The Morgan fingerprint density at radius 2 is 2.43 bits per heavy atom. The van der Waals surface area contributed by atoms with E-state index in [9.17, 15) is 0 Å². The van der Waals surface area contributed by atoms with Crippen molar-refractivity contribution in [1.29, 1.82) is 0 Å². The molecule has 2 unspecified atom stereocenters. The van der Waals surface area contributed by atoms with E-state index in [4.69, 9.17) is 5.73 Å². The summed E-state index contributed by atoms with van der Waals surface area (Å²) in [5, 5.41) is 4.48. The van der Waals surface area contributed by atoms with Crippen molar-refractivity contribution in [2.45, 2.75) is 45.2 Å². The van der Waals surface area contributed by atoms with Crippen molar-refractivity contribution < 1.29 is 0 Å². The third-order valence-electron chi connectivity index (χ3n) is 3.16. The van der Waals surface area contributed by atoms with E-state index < -0.39 is 0 Å². The van der Waals surface area contributed by atoms with Gasteiger partial charge in [0.25, 0.3) is 0 Å². The Bertz CT molecular complexity index is 292. The van der Waals surface area contributed by atoms with Crippen molar-refractivity contribution in [3.05, 3.63) is 18.0 Å². The number of hydrogen-bond donors (Lipinski definition) is 1. The minimum atomic E-state index is 0.551. The molecule has 2 atom stereocenters. The summed E-state index contributed by atoms with van der Waals surface area (Å²) in [6, 6.07) is 2.64. The van der Waals surface area contributed by atoms with Crippen LogP contribution in [0.1, 0.15) is 44.3 Å². The number of rotatable bonds is 2. The summed E-state index contributed by atoms with van der Waals surface area (Å²) in [4.78, 5) is 0. The fourth-order valence-electron chi connectivity index (χ4n) is 2.33. The smallest absolute Gasteiger partial charge is 0.0760 e. The van der Waals surface area contributed by atoms with Crippen LogP contribution in [0, 0.1) is 5.92 Å². The summed E-state index contributed by atoms with van der Waals surface area (Å²) in [7, 11) is 0. The van der Waals surface area contributed by atoms with Crippen LogP contribution in [0.3, 0.4) is 0 Å². The molecule has 1 heterocycles. The first-order valence-electron chi connectivity index (χ1n) is 5.53. The van der Waals surface area contributed by atoms with Gasteiger partial charge in [0.1, 0.15) is 0 Å². The first-order chi connectivity index (χ1) is 6.79. The lowest BCUT2D eigenvalue weighted by Gasteiger charge is -2.26. The number of hydrogen-bond acceptors (Lipinski definition) is 2. The van der Waals surface area contributed by atoms with Gasteiger partial charge in [0, 0.05) is 12.7 Å². The predicted molar refractivity (Wildman–Crippen MR) is 56.8 cm³/mol. The summed E-state index contributed by atoms with van der Waals surface area (Å²) < 4.78 is 2.11. The van der Waals surface area contributed by atoms with Gasteiger partial charge in [0.2, 0.25) is 0 Å². The summed E-state index contributed by atoms with van der Waals surface area (Å²) in [6.07, 6.45) is 7.33. The standard InChI is InChI=1S/C11H19N3/c1-9-3-2-4-11(7-9)14-6-5-10(8-12)13-14/h5-6,9,11H,2-4,7-8,12H2,1H3. The Kier molecular flexibility index (Phi) is 2.87. The average molecular weight is 193 g/mol. The maximum absolute atomic E-state index is 5.54. The van der Waals surface area contributed by atoms with Gasteiger partial charge in [-0.3, -0.25) is 4.68 Å². The second kappa shape index (κ2) is 4.13. The van der Waals surface area contributed by atoms with Gasteiger partial charge < -0.3 is 5.73 Å². The molecule has 3 nitrogen and oxygen atoms in total. The van der Waals surface area contributed by atoms with Gasteiger partial charge >= 0.3 is 0 Å². The second-order valence-corrected chi connectivity index (χ2v) is 4.42.